The summed E-state index contributed by atoms with van der Waals surface area (Å²) in [5, 5.41) is 19.3. The second-order valence-electron chi connectivity index (χ2n) is 13.3. The quantitative estimate of drug-likeness (QED) is 0.519. The zero-order valence-electron chi connectivity index (χ0n) is 22.9. The number of ether oxygens (including phenoxy) is 1. The van der Waals surface area contributed by atoms with Gasteiger partial charge in [0, 0.05) is 12.5 Å². The van der Waals surface area contributed by atoms with Gasteiger partial charge in [-0.3, -0.25) is 4.79 Å². The van der Waals surface area contributed by atoms with E-state index in [0.717, 1.165) is 70.5 Å². The Morgan fingerprint density at radius 2 is 1.89 bits per heavy atom. The molecule has 6 nitrogen and oxygen atoms in total. The first kappa shape index (κ1) is 26.3. The Kier molecular flexibility index (Phi) is 6.45. The fraction of sp³-hybridized carbons (Fsp3) is 0.767. The molecule has 4 saturated carbocycles. The van der Waals surface area contributed by atoms with Crippen LogP contribution in [0.4, 0.5) is 8.78 Å². The van der Waals surface area contributed by atoms with E-state index in [1.165, 1.54) is 10.9 Å². The molecular formula is C30H41F2N3O3. The molecule has 4 fully saturated rings. The van der Waals surface area contributed by atoms with Gasteiger partial charge in [0.25, 0.3) is 0 Å². The Morgan fingerprint density at radius 1 is 1.08 bits per heavy atom. The Hall–Kier alpha value is -1.93. The van der Waals surface area contributed by atoms with Crippen LogP contribution in [0.1, 0.15) is 78.6 Å². The molecule has 1 aromatic carbocycles. The van der Waals surface area contributed by atoms with Gasteiger partial charge in [0.15, 0.2) is 22.9 Å². The van der Waals surface area contributed by atoms with Crippen LogP contribution >= 0.6 is 0 Å². The summed E-state index contributed by atoms with van der Waals surface area (Å²) in [5.41, 5.74) is -0.390. The second-order valence-corrected chi connectivity index (χ2v) is 13.3. The molecule has 0 aliphatic heterocycles. The SMILES string of the molecule is CCOCC12CCC(C)(O)CC1CCC1C3CCC(C(=O)Cn4nc5ccc(F)c(F)c5n4)C3(C)CCC12. The van der Waals surface area contributed by atoms with Crippen LogP contribution in [0.15, 0.2) is 12.1 Å². The van der Waals surface area contributed by atoms with Gasteiger partial charge in [0.1, 0.15) is 12.1 Å². The molecule has 4 aliphatic rings. The van der Waals surface area contributed by atoms with Gasteiger partial charge in [-0.05, 0) is 118 Å². The highest BCUT2D eigenvalue weighted by molar-refractivity contribution is 5.82. The molecule has 1 aromatic heterocycles. The summed E-state index contributed by atoms with van der Waals surface area (Å²) in [7, 11) is 0. The molecule has 8 heteroatoms. The Morgan fingerprint density at radius 3 is 2.68 bits per heavy atom. The van der Waals surface area contributed by atoms with E-state index in [4.69, 9.17) is 4.74 Å². The number of hydrogen-bond acceptors (Lipinski definition) is 5. The number of carbonyl (C=O) groups excluding carboxylic acids is 1. The summed E-state index contributed by atoms with van der Waals surface area (Å²) >= 11 is 0. The minimum absolute atomic E-state index is 0.0117. The Labute approximate surface area is 223 Å². The van der Waals surface area contributed by atoms with E-state index in [1.807, 2.05) is 6.92 Å². The molecule has 208 valence electrons. The maximum absolute atomic E-state index is 14.2. The predicted octanol–water partition coefficient (Wildman–Crippen LogP) is 5.71. The highest BCUT2D eigenvalue weighted by Crippen LogP contribution is 2.68. The number of carbonyl (C=O) groups is 1. The van der Waals surface area contributed by atoms with Crippen molar-refractivity contribution in [2.45, 2.75) is 90.7 Å². The molecule has 8 atom stereocenters. The summed E-state index contributed by atoms with van der Waals surface area (Å²) in [5.74, 6) is 0.185. The zero-order valence-corrected chi connectivity index (χ0v) is 22.9. The van der Waals surface area contributed by atoms with E-state index in [0.29, 0.717) is 30.3 Å². The van der Waals surface area contributed by atoms with Gasteiger partial charge in [-0.15, -0.1) is 5.10 Å². The van der Waals surface area contributed by atoms with Gasteiger partial charge in [-0.2, -0.15) is 9.90 Å². The van der Waals surface area contributed by atoms with Crippen LogP contribution in [0.25, 0.3) is 11.0 Å². The molecule has 0 bridgehead atoms. The van der Waals surface area contributed by atoms with Crippen LogP contribution in [0.3, 0.4) is 0 Å². The number of ketones is 1. The number of Topliss-reactive ketones (excluding diaryl/α,β-unsaturated/α-hetero) is 1. The molecule has 0 radical (unpaired) electrons. The molecule has 0 spiro atoms. The minimum Gasteiger partial charge on any atom is -0.390 e. The van der Waals surface area contributed by atoms with E-state index in [2.05, 4.69) is 24.0 Å². The molecule has 4 aliphatic carbocycles. The number of aromatic nitrogens is 3. The fourth-order valence-corrected chi connectivity index (χ4v) is 9.62. The number of halogens is 2. The van der Waals surface area contributed by atoms with Crippen molar-refractivity contribution < 1.29 is 23.4 Å². The van der Waals surface area contributed by atoms with Crippen molar-refractivity contribution in [1.29, 1.82) is 0 Å². The Balaban J connectivity index is 1.22. The van der Waals surface area contributed by atoms with E-state index in [1.54, 1.807) is 0 Å². The number of aliphatic hydroxyl groups is 1. The highest BCUT2D eigenvalue weighted by atomic mass is 19.2. The van der Waals surface area contributed by atoms with Crippen LogP contribution in [0.5, 0.6) is 0 Å². The normalized spacial score (nSPS) is 40.5. The van der Waals surface area contributed by atoms with Crippen LogP contribution in [0, 0.1) is 52.1 Å². The average molecular weight is 530 g/mol. The smallest absolute Gasteiger partial charge is 0.188 e. The first-order valence-electron chi connectivity index (χ1n) is 14.6. The summed E-state index contributed by atoms with van der Waals surface area (Å²) in [6.07, 6.45) is 9.04. The van der Waals surface area contributed by atoms with Crippen molar-refractivity contribution >= 4 is 16.8 Å². The highest BCUT2D eigenvalue weighted by Gasteiger charge is 2.63. The second kappa shape index (κ2) is 9.33. The Bertz CT molecular complexity index is 1230. The minimum atomic E-state index is -1.02. The van der Waals surface area contributed by atoms with Gasteiger partial charge in [-0.1, -0.05) is 6.92 Å². The van der Waals surface area contributed by atoms with Crippen molar-refractivity contribution in [1.82, 2.24) is 15.0 Å². The van der Waals surface area contributed by atoms with Crippen molar-refractivity contribution in [3.8, 4) is 0 Å². The van der Waals surface area contributed by atoms with E-state index >= 15 is 0 Å². The third-order valence-corrected chi connectivity index (χ3v) is 11.4. The maximum Gasteiger partial charge on any atom is 0.188 e. The number of rotatable bonds is 6. The lowest BCUT2D eigenvalue weighted by Gasteiger charge is -2.62. The topological polar surface area (TPSA) is 77.2 Å². The lowest BCUT2D eigenvalue weighted by atomic mass is 9.43. The van der Waals surface area contributed by atoms with Crippen LogP contribution in [0.2, 0.25) is 0 Å². The predicted molar refractivity (Wildman–Crippen MR) is 139 cm³/mol. The zero-order chi connectivity index (χ0) is 26.9. The summed E-state index contributed by atoms with van der Waals surface area (Å²) in [4.78, 5) is 14.9. The number of nitrogens with zero attached hydrogens (tertiary/aromatic N) is 3. The molecule has 8 unspecified atom stereocenters. The third-order valence-electron chi connectivity index (χ3n) is 11.4. The maximum atomic E-state index is 14.2. The number of hydrogen-bond donors (Lipinski definition) is 1. The molecule has 6 rings (SSSR count). The van der Waals surface area contributed by atoms with Gasteiger partial charge >= 0.3 is 0 Å². The van der Waals surface area contributed by atoms with Gasteiger partial charge in [0.2, 0.25) is 0 Å². The lowest BCUT2D eigenvalue weighted by Crippen LogP contribution is -2.58. The summed E-state index contributed by atoms with van der Waals surface area (Å²) < 4.78 is 33.9. The summed E-state index contributed by atoms with van der Waals surface area (Å²) in [6.45, 7) is 7.87. The molecule has 1 N–H and O–H groups in total. The number of fused-ring (bicyclic) bond motifs is 6. The van der Waals surface area contributed by atoms with Crippen molar-refractivity contribution in [2.24, 2.45) is 40.4 Å². The number of benzene rings is 1. The first-order valence-corrected chi connectivity index (χ1v) is 14.6. The molecular weight excluding hydrogens is 488 g/mol. The van der Waals surface area contributed by atoms with Gasteiger partial charge in [-0.25, -0.2) is 8.78 Å². The largest absolute Gasteiger partial charge is 0.390 e. The van der Waals surface area contributed by atoms with E-state index in [-0.39, 0.29) is 40.1 Å². The van der Waals surface area contributed by atoms with Crippen molar-refractivity contribution in [3.63, 3.8) is 0 Å². The fourth-order valence-electron chi connectivity index (χ4n) is 9.62. The van der Waals surface area contributed by atoms with Crippen LogP contribution in [-0.2, 0) is 16.1 Å². The van der Waals surface area contributed by atoms with Crippen LogP contribution in [-0.4, -0.2) is 44.7 Å². The van der Waals surface area contributed by atoms with Crippen molar-refractivity contribution in [3.05, 3.63) is 23.8 Å². The van der Waals surface area contributed by atoms with Crippen molar-refractivity contribution in [2.75, 3.05) is 13.2 Å². The average Bonchev–Trinajstić information content (AvgIpc) is 3.45. The molecule has 0 saturated heterocycles. The van der Waals surface area contributed by atoms with E-state index in [9.17, 15) is 18.7 Å². The van der Waals surface area contributed by atoms with Gasteiger partial charge < -0.3 is 9.84 Å². The molecule has 38 heavy (non-hydrogen) atoms. The monoisotopic (exact) mass is 529 g/mol. The molecule has 2 aromatic rings. The standard InChI is InChI=1S/C30H41F2N3O3/c1-4-38-17-30-14-13-28(2,37)15-18(30)5-6-19-20-7-8-22(29(20,3)12-11-21(19)30)25(36)16-35-33-24-10-9-23(31)26(32)27(24)34-35/h9-10,18-22,37H,4-8,11-17H2,1-3H3. The third kappa shape index (κ3) is 4.04. The molecule has 1 heterocycles. The first-order chi connectivity index (χ1) is 18.1. The summed E-state index contributed by atoms with van der Waals surface area (Å²) in [6, 6.07) is 2.44. The molecule has 0 amide bonds. The van der Waals surface area contributed by atoms with Crippen LogP contribution < -0.4 is 0 Å². The van der Waals surface area contributed by atoms with E-state index < -0.39 is 17.2 Å². The van der Waals surface area contributed by atoms with Gasteiger partial charge in [0.05, 0.1) is 12.2 Å². The lowest BCUT2D eigenvalue weighted by molar-refractivity contribution is -0.178.